The zero-order valence-electron chi connectivity index (χ0n) is 12.0. The van der Waals surface area contributed by atoms with E-state index in [1.54, 1.807) is 11.3 Å². The van der Waals surface area contributed by atoms with Crippen molar-refractivity contribution in [2.45, 2.75) is 26.9 Å². The fourth-order valence-corrected chi connectivity index (χ4v) is 3.64. The summed E-state index contributed by atoms with van der Waals surface area (Å²) < 4.78 is 1.19. The Morgan fingerprint density at radius 2 is 1.70 bits per heavy atom. The van der Waals surface area contributed by atoms with Crippen molar-refractivity contribution in [3.63, 3.8) is 0 Å². The molecule has 0 atom stereocenters. The van der Waals surface area contributed by atoms with E-state index in [9.17, 15) is 0 Å². The zero-order chi connectivity index (χ0) is 14.4. The minimum atomic E-state index is 0.911. The van der Waals surface area contributed by atoms with Gasteiger partial charge in [0.15, 0.2) is 0 Å². The predicted octanol–water partition coefficient (Wildman–Crippen LogP) is 4.65. The molecule has 0 unspecified atom stereocenters. The SMILES string of the molecule is CCN(CC)c1ccc(CNCc2ccc(Br)s2)cc1. The van der Waals surface area contributed by atoms with Gasteiger partial charge in [0.2, 0.25) is 0 Å². The monoisotopic (exact) mass is 352 g/mol. The zero-order valence-corrected chi connectivity index (χ0v) is 14.4. The summed E-state index contributed by atoms with van der Waals surface area (Å²) in [7, 11) is 0. The highest BCUT2D eigenvalue weighted by atomic mass is 79.9. The average molecular weight is 353 g/mol. The van der Waals surface area contributed by atoms with Gasteiger partial charge in [0.05, 0.1) is 3.79 Å². The highest BCUT2D eigenvalue weighted by molar-refractivity contribution is 9.11. The molecule has 0 saturated heterocycles. The Morgan fingerprint density at radius 1 is 1.00 bits per heavy atom. The third-order valence-electron chi connectivity index (χ3n) is 3.32. The van der Waals surface area contributed by atoms with Crippen molar-refractivity contribution in [3.05, 3.63) is 50.6 Å². The van der Waals surface area contributed by atoms with Crippen molar-refractivity contribution in [3.8, 4) is 0 Å². The Kier molecular flexibility index (Phi) is 6.07. The van der Waals surface area contributed by atoms with Crippen LogP contribution in [0.1, 0.15) is 24.3 Å². The predicted molar refractivity (Wildman–Crippen MR) is 92.6 cm³/mol. The molecule has 0 bridgehead atoms. The molecule has 2 rings (SSSR count). The maximum Gasteiger partial charge on any atom is 0.0701 e. The second-order valence-electron chi connectivity index (χ2n) is 4.65. The molecule has 0 aliphatic rings. The van der Waals surface area contributed by atoms with Crippen LogP contribution in [0, 0.1) is 0 Å². The summed E-state index contributed by atoms with van der Waals surface area (Å²) >= 11 is 5.27. The van der Waals surface area contributed by atoms with Gasteiger partial charge in [0, 0.05) is 36.7 Å². The Labute approximate surface area is 133 Å². The number of nitrogens with one attached hydrogen (secondary N) is 1. The number of benzene rings is 1. The van der Waals surface area contributed by atoms with E-state index < -0.39 is 0 Å². The number of hydrogen-bond acceptors (Lipinski definition) is 3. The van der Waals surface area contributed by atoms with E-state index in [-0.39, 0.29) is 0 Å². The van der Waals surface area contributed by atoms with E-state index in [2.05, 4.69) is 76.4 Å². The van der Waals surface area contributed by atoms with Crippen LogP contribution >= 0.6 is 27.3 Å². The van der Waals surface area contributed by atoms with Crippen LogP contribution in [0.2, 0.25) is 0 Å². The van der Waals surface area contributed by atoms with Gasteiger partial charge in [0.25, 0.3) is 0 Å². The van der Waals surface area contributed by atoms with Gasteiger partial charge in [-0.15, -0.1) is 11.3 Å². The second-order valence-corrected chi connectivity index (χ2v) is 7.20. The largest absolute Gasteiger partial charge is 0.372 e. The van der Waals surface area contributed by atoms with Crippen molar-refractivity contribution in [2.24, 2.45) is 0 Å². The van der Waals surface area contributed by atoms with Gasteiger partial charge in [-0.1, -0.05) is 12.1 Å². The average Bonchev–Trinajstić information content (AvgIpc) is 2.87. The van der Waals surface area contributed by atoms with Crippen LogP contribution in [0.5, 0.6) is 0 Å². The van der Waals surface area contributed by atoms with Crippen molar-refractivity contribution >= 4 is 33.0 Å². The summed E-state index contributed by atoms with van der Waals surface area (Å²) in [5, 5.41) is 3.48. The van der Waals surface area contributed by atoms with Crippen molar-refractivity contribution in [2.75, 3.05) is 18.0 Å². The van der Waals surface area contributed by atoms with Gasteiger partial charge in [-0.05, 0) is 59.6 Å². The summed E-state index contributed by atoms with van der Waals surface area (Å²) in [6, 6.07) is 13.1. The summed E-state index contributed by atoms with van der Waals surface area (Å²) in [4.78, 5) is 3.72. The topological polar surface area (TPSA) is 15.3 Å². The number of rotatable bonds is 7. The molecule has 0 amide bonds. The molecule has 4 heteroatoms. The molecule has 1 N–H and O–H groups in total. The summed E-state index contributed by atoms with van der Waals surface area (Å²) in [6.07, 6.45) is 0. The summed E-state index contributed by atoms with van der Waals surface area (Å²) in [5.74, 6) is 0. The van der Waals surface area contributed by atoms with E-state index in [0.29, 0.717) is 0 Å². The molecule has 2 aromatic rings. The quantitative estimate of drug-likeness (QED) is 0.780. The van der Waals surface area contributed by atoms with E-state index in [1.807, 2.05) is 0 Å². The molecule has 0 radical (unpaired) electrons. The molecule has 0 aliphatic heterocycles. The molecular weight excluding hydrogens is 332 g/mol. The molecule has 2 nitrogen and oxygen atoms in total. The third-order valence-corrected chi connectivity index (χ3v) is 4.95. The lowest BCUT2D eigenvalue weighted by atomic mass is 10.2. The lowest BCUT2D eigenvalue weighted by Crippen LogP contribution is -2.21. The lowest BCUT2D eigenvalue weighted by Gasteiger charge is -2.21. The minimum Gasteiger partial charge on any atom is -0.372 e. The molecule has 0 spiro atoms. The van der Waals surface area contributed by atoms with Gasteiger partial charge < -0.3 is 10.2 Å². The van der Waals surface area contributed by atoms with Crippen LogP contribution in [0.3, 0.4) is 0 Å². The number of hydrogen-bond donors (Lipinski definition) is 1. The summed E-state index contributed by atoms with van der Waals surface area (Å²) in [6.45, 7) is 8.33. The van der Waals surface area contributed by atoms with E-state index >= 15 is 0 Å². The maximum absolute atomic E-state index is 3.49. The lowest BCUT2D eigenvalue weighted by molar-refractivity contribution is 0.701. The molecule has 0 aliphatic carbocycles. The maximum atomic E-state index is 3.49. The van der Waals surface area contributed by atoms with Crippen LogP contribution in [0.25, 0.3) is 0 Å². The molecule has 0 fully saturated rings. The fraction of sp³-hybridized carbons (Fsp3) is 0.375. The van der Waals surface area contributed by atoms with Gasteiger partial charge in [-0.2, -0.15) is 0 Å². The normalized spacial score (nSPS) is 10.8. The van der Waals surface area contributed by atoms with Gasteiger partial charge in [0.1, 0.15) is 0 Å². The Morgan fingerprint density at radius 3 is 2.25 bits per heavy atom. The number of halogens is 1. The van der Waals surface area contributed by atoms with Crippen LogP contribution in [0.4, 0.5) is 5.69 Å². The van der Waals surface area contributed by atoms with Crippen molar-refractivity contribution in [1.82, 2.24) is 5.32 Å². The number of nitrogens with zero attached hydrogens (tertiary/aromatic N) is 1. The first-order chi connectivity index (χ1) is 9.72. The molecule has 0 saturated carbocycles. The first-order valence-corrected chi connectivity index (χ1v) is 8.62. The van der Waals surface area contributed by atoms with Crippen LogP contribution in [-0.4, -0.2) is 13.1 Å². The standard InChI is InChI=1S/C16H21BrN2S/c1-3-19(4-2)14-7-5-13(6-8-14)11-18-12-15-9-10-16(17)20-15/h5-10,18H,3-4,11-12H2,1-2H3. The highest BCUT2D eigenvalue weighted by Gasteiger charge is 2.02. The summed E-state index contributed by atoms with van der Waals surface area (Å²) in [5.41, 5.74) is 2.64. The Hall–Kier alpha value is -0.840. The van der Waals surface area contributed by atoms with Crippen LogP contribution in [-0.2, 0) is 13.1 Å². The molecule has 1 heterocycles. The van der Waals surface area contributed by atoms with Crippen LogP contribution < -0.4 is 10.2 Å². The second kappa shape index (κ2) is 7.81. The van der Waals surface area contributed by atoms with Crippen molar-refractivity contribution < 1.29 is 0 Å². The molecule has 1 aromatic heterocycles. The number of anilines is 1. The smallest absolute Gasteiger partial charge is 0.0701 e. The first-order valence-electron chi connectivity index (χ1n) is 7.01. The fourth-order valence-electron chi connectivity index (χ4n) is 2.19. The number of thiophene rings is 1. The van der Waals surface area contributed by atoms with E-state index in [0.717, 1.165) is 26.2 Å². The third kappa shape index (κ3) is 4.33. The Bertz CT molecular complexity index is 518. The van der Waals surface area contributed by atoms with Crippen LogP contribution in [0.15, 0.2) is 40.2 Å². The van der Waals surface area contributed by atoms with E-state index in [4.69, 9.17) is 0 Å². The minimum absolute atomic E-state index is 0.911. The molecule has 20 heavy (non-hydrogen) atoms. The van der Waals surface area contributed by atoms with Crippen molar-refractivity contribution in [1.29, 1.82) is 0 Å². The highest BCUT2D eigenvalue weighted by Crippen LogP contribution is 2.22. The molecular formula is C16H21BrN2S. The van der Waals surface area contributed by atoms with Gasteiger partial charge >= 0.3 is 0 Å². The van der Waals surface area contributed by atoms with Gasteiger partial charge in [-0.3, -0.25) is 0 Å². The van der Waals surface area contributed by atoms with Gasteiger partial charge in [-0.25, -0.2) is 0 Å². The molecule has 1 aromatic carbocycles. The molecule has 108 valence electrons. The Balaban J connectivity index is 1.84. The van der Waals surface area contributed by atoms with E-state index in [1.165, 1.54) is 19.9 Å². The first kappa shape index (κ1) is 15.5.